The van der Waals surface area contributed by atoms with Crippen LogP contribution < -0.4 is 14.8 Å². The van der Waals surface area contributed by atoms with E-state index in [1.54, 1.807) is 37.7 Å². The van der Waals surface area contributed by atoms with Gasteiger partial charge in [-0.3, -0.25) is 0 Å². The molecule has 3 aromatic rings. The summed E-state index contributed by atoms with van der Waals surface area (Å²) in [5, 5.41) is 11.0. The first kappa shape index (κ1) is 20.2. The quantitative estimate of drug-likeness (QED) is 0.630. The Bertz CT molecular complexity index is 989. The molecule has 9 heteroatoms. The number of rotatable bonds is 6. The van der Waals surface area contributed by atoms with Gasteiger partial charge in [0, 0.05) is 30.5 Å². The number of likely N-dealkylation sites (tertiary alicyclic amines) is 1. The summed E-state index contributed by atoms with van der Waals surface area (Å²) in [5.41, 5.74) is 1.55. The number of hydrogen-bond donors (Lipinski definition) is 1. The third-order valence-electron chi connectivity index (χ3n) is 5.16. The van der Waals surface area contributed by atoms with Crippen LogP contribution in [-0.4, -0.2) is 48.4 Å². The van der Waals surface area contributed by atoms with Crippen molar-refractivity contribution in [3.63, 3.8) is 0 Å². The Morgan fingerprint density at radius 2 is 2.23 bits per heavy atom. The van der Waals surface area contributed by atoms with Gasteiger partial charge in [-0.05, 0) is 42.3 Å². The second-order valence-electron chi connectivity index (χ2n) is 7.15. The zero-order valence-corrected chi connectivity index (χ0v) is 17.8. The van der Waals surface area contributed by atoms with Gasteiger partial charge in [0.25, 0.3) is 0 Å². The van der Waals surface area contributed by atoms with Crippen molar-refractivity contribution in [3.05, 3.63) is 40.9 Å². The number of thiophene rings is 1. The van der Waals surface area contributed by atoms with Crippen molar-refractivity contribution in [1.82, 2.24) is 15.0 Å². The molecule has 4 rings (SSSR count). The van der Waals surface area contributed by atoms with Gasteiger partial charge in [0.1, 0.15) is 0 Å². The molecule has 0 radical (unpaired) electrons. The minimum absolute atomic E-state index is 0.157. The van der Waals surface area contributed by atoms with E-state index in [4.69, 9.17) is 14.0 Å². The van der Waals surface area contributed by atoms with E-state index >= 15 is 0 Å². The number of hydrogen-bond acceptors (Lipinski definition) is 7. The van der Waals surface area contributed by atoms with Crippen LogP contribution in [0.2, 0.25) is 0 Å². The number of methoxy groups -OCH3 is 2. The SMILES string of the molecule is COc1cccc(NC(=O)N2CCCC(Cc3nc(-c4ccsc4)no3)C2)c1OC. The average molecular weight is 429 g/mol. The largest absolute Gasteiger partial charge is 0.493 e. The summed E-state index contributed by atoms with van der Waals surface area (Å²) in [6.45, 7) is 1.34. The summed E-state index contributed by atoms with van der Waals surface area (Å²) in [4.78, 5) is 19.2. The number of piperidine rings is 1. The van der Waals surface area contributed by atoms with E-state index in [2.05, 4.69) is 15.5 Å². The Hall–Kier alpha value is -3.07. The van der Waals surface area contributed by atoms with Crippen LogP contribution in [0.15, 0.2) is 39.5 Å². The number of carbonyl (C=O) groups excluding carboxylic acids is 1. The standard InChI is InChI=1S/C21H24N4O4S/c1-27-17-7-3-6-16(19(17)28-2)22-21(26)25-9-4-5-14(12-25)11-18-23-20(24-29-18)15-8-10-30-13-15/h3,6-8,10,13-14H,4-5,9,11-12H2,1-2H3,(H,22,26). The summed E-state index contributed by atoms with van der Waals surface area (Å²) in [6.07, 6.45) is 2.60. The number of benzene rings is 1. The minimum atomic E-state index is -0.157. The molecule has 1 aliphatic rings. The maximum atomic E-state index is 12.9. The van der Waals surface area contributed by atoms with Crippen molar-refractivity contribution in [2.45, 2.75) is 19.3 Å². The van der Waals surface area contributed by atoms with Crippen molar-refractivity contribution in [2.75, 3.05) is 32.6 Å². The topological polar surface area (TPSA) is 89.7 Å². The number of urea groups is 1. The molecule has 2 amide bonds. The maximum absolute atomic E-state index is 12.9. The monoisotopic (exact) mass is 428 g/mol. The molecular formula is C21H24N4O4S. The molecule has 1 N–H and O–H groups in total. The molecule has 158 valence electrons. The first-order valence-corrected chi connectivity index (χ1v) is 10.7. The van der Waals surface area contributed by atoms with Gasteiger partial charge in [0.15, 0.2) is 11.5 Å². The van der Waals surface area contributed by atoms with Crippen LogP contribution in [0.5, 0.6) is 11.5 Å². The number of nitrogens with one attached hydrogen (secondary N) is 1. The fourth-order valence-corrected chi connectivity index (χ4v) is 4.32. The molecule has 1 atom stereocenters. The van der Waals surface area contributed by atoms with Crippen LogP contribution in [0.1, 0.15) is 18.7 Å². The first-order chi connectivity index (χ1) is 14.7. The zero-order chi connectivity index (χ0) is 20.9. The summed E-state index contributed by atoms with van der Waals surface area (Å²) in [7, 11) is 3.12. The predicted octanol–water partition coefficient (Wildman–Crippen LogP) is 4.30. The van der Waals surface area contributed by atoms with Gasteiger partial charge in [-0.15, -0.1) is 0 Å². The number of anilines is 1. The second kappa shape index (κ2) is 9.17. The number of carbonyl (C=O) groups is 1. The molecule has 2 aromatic heterocycles. The van der Waals surface area contributed by atoms with Crippen molar-refractivity contribution >= 4 is 23.1 Å². The molecule has 0 bridgehead atoms. The third-order valence-corrected chi connectivity index (χ3v) is 5.84. The molecule has 30 heavy (non-hydrogen) atoms. The van der Waals surface area contributed by atoms with Crippen LogP contribution in [0, 0.1) is 5.92 Å². The Morgan fingerprint density at radius 3 is 3.00 bits per heavy atom. The molecule has 1 aliphatic heterocycles. The van der Waals surface area contributed by atoms with E-state index in [0.29, 0.717) is 48.4 Å². The molecule has 0 spiro atoms. The number of ether oxygens (including phenoxy) is 2. The molecule has 0 aliphatic carbocycles. The lowest BCUT2D eigenvalue weighted by Crippen LogP contribution is -2.42. The number of nitrogens with zero attached hydrogens (tertiary/aromatic N) is 3. The summed E-state index contributed by atoms with van der Waals surface area (Å²) >= 11 is 1.60. The van der Waals surface area contributed by atoms with Crippen molar-refractivity contribution in [3.8, 4) is 22.9 Å². The van der Waals surface area contributed by atoms with Crippen LogP contribution in [0.3, 0.4) is 0 Å². The molecule has 3 heterocycles. The number of aromatic nitrogens is 2. The lowest BCUT2D eigenvalue weighted by Gasteiger charge is -2.32. The van der Waals surface area contributed by atoms with Crippen molar-refractivity contribution in [1.29, 1.82) is 0 Å². The van der Waals surface area contributed by atoms with E-state index < -0.39 is 0 Å². The fraction of sp³-hybridized carbons (Fsp3) is 0.381. The molecular weight excluding hydrogens is 404 g/mol. The van der Waals surface area contributed by atoms with Gasteiger partial charge >= 0.3 is 6.03 Å². The highest BCUT2D eigenvalue weighted by Crippen LogP contribution is 2.35. The predicted molar refractivity (Wildman–Crippen MR) is 114 cm³/mol. The summed E-state index contributed by atoms with van der Waals surface area (Å²) in [5.74, 6) is 2.57. The van der Waals surface area contributed by atoms with Crippen LogP contribution in [0.4, 0.5) is 10.5 Å². The molecule has 8 nitrogen and oxygen atoms in total. The van der Waals surface area contributed by atoms with Gasteiger partial charge in [0.05, 0.1) is 19.9 Å². The second-order valence-corrected chi connectivity index (χ2v) is 7.93. The van der Waals surface area contributed by atoms with Gasteiger partial charge in [0.2, 0.25) is 11.7 Å². The summed E-state index contributed by atoms with van der Waals surface area (Å²) in [6, 6.07) is 7.22. The number of para-hydroxylation sites is 1. The highest BCUT2D eigenvalue weighted by atomic mass is 32.1. The van der Waals surface area contributed by atoms with E-state index in [1.807, 2.05) is 27.8 Å². The Balaban J connectivity index is 1.39. The fourth-order valence-electron chi connectivity index (χ4n) is 3.69. The molecule has 1 saturated heterocycles. The Morgan fingerprint density at radius 1 is 1.33 bits per heavy atom. The maximum Gasteiger partial charge on any atom is 0.321 e. The van der Waals surface area contributed by atoms with Crippen molar-refractivity contribution in [2.24, 2.45) is 5.92 Å². The molecule has 1 fully saturated rings. The minimum Gasteiger partial charge on any atom is -0.493 e. The highest BCUT2D eigenvalue weighted by molar-refractivity contribution is 7.08. The average Bonchev–Trinajstić information content (AvgIpc) is 3.45. The van der Waals surface area contributed by atoms with Gasteiger partial charge in [-0.25, -0.2) is 4.79 Å². The lowest BCUT2D eigenvalue weighted by atomic mass is 9.95. The normalized spacial score (nSPS) is 16.3. The number of amides is 2. The molecule has 0 saturated carbocycles. The smallest absolute Gasteiger partial charge is 0.321 e. The van der Waals surface area contributed by atoms with E-state index in [0.717, 1.165) is 18.4 Å². The van der Waals surface area contributed by atoms with Gasteiger partial charge < -0.3 is 24.2 Å². The Labute approximate surface area is 178 Å². The van der Waals surface area contributed by atoms with Crippen LogP contribution >= 0.6 is 11.3 Å². The van der Waals surface area contributed by atoms with E-state index in [-0.39, 0.29) is 11.9 Å². The molecule has 1 unspecified atom stereocenters. The van der Waals surface area contributed by atoms with Gasteiger partial charge in [-0.1, -0.05) is 11.2 Å². The van der Waals surface area contributed by atoms with E-state index in [9.17, 15) is 4.79 Å². The van der Waals surface area contributed by atoms with Crippen LogP contribution in [-0.2, 0) is 6.42 Å². The van der Waals surface area contributed by atoms with E-state index in [1.165, 1.54) is 0 Å². The summed E-state index contributed by atoms with van der Waals surface area (Å²) < 4.78 is 16.1. The van der Waals surface area contributed by atoms with Crippen LogP contribution in [0.25, 0.3) is 11.4 Å². The molecule has 1 aromatic carbocycles. The van der Waals surface area contributed by atoms with Gasteiger partial charge in [-0.2, -0.15) is 16.3 Å². The lowest BCUT2D eigenvalue weighted by molar-refractivity contribution is 0.173. The third kappa shape index (κ3) is 4.40. The Kier molecular flexibility index (Phi) is 6.18. The van der Waals surface area contributed by atoms with Crippen molar-refractivity contribution < 1.29 is 18.8 Å². The first-order valence-electron chi connectivity index (χ1n) is 9.80. The zero-order valence-electron chi connectivity index (χ0n) is 17.0. The highest BCUT2D eigenvalue weighted by Gasteiger charge is 2.26.